The molecule has 0 aromatic heterocycles. The van der Waals surface area contributed by atoms with E-state index in [0.29, 0.717) is 68.0 Å². The number of rotatable bonds is 16. The predicted molar refractivity (Wildman–Crippen MR) is 385 cm³/mol. The van der Waals surface area contributed by atoms with Gasteiger partial charge in [-0.1, -0.05) is 0 Å². The summed E-state index contributed by atoms with van der Waals surface area (Å²) in [5, 5.41) is 17.9. The van der Waals surface area contributed by atoms with Crippen LogP contribution in [0, 0.1) is 0 Å². The van der Waals surface area contributed by atoms with E-state index >= 15 is 0 Å². The van der Waals surface area contributed by atoms with Gasteiger partial charge in [-0.25, -0.2) is 0 Å². The molecule has 12 aromatic rings. The molecule has 0 N–H and O–H groups in total. The Labute approximate surface area is 541 Å². The van der Waals surface area contributed by atoms with E-state index in [1.807, 2.05) is 0 Å². The molecule has 4 atom stereocenters. The van der Waals surface area contributed by atoms with Crippen molar-refractivity contribution in [1.29, 1.82) is 0 Å². The molecule has 12 heteroatoms. The molecule has 0 aliphatic rings. The summed E-state index contributed by atoms with van der Waals surface area (Å²) >= 11 is 2.33. The second-order valence-corrected chi connectivity index (χ2v) is 64.1. The Kier molecular flexibility index (Phi) is 26.3. The number of hydrogen-bond acceptors (Lipinski definition) is 0. The average molecular weight is 1610 g/mol. The molecule has 0 aliphatic heterocycles. The topological polar surface area (TPSA) is 0 Å². The molecule has 4 unspecified atom stereocenters. The van der Waals surface area contributed by atoms with Crippen LogP contribution in [0.1, 0.15) is 0 Å². The van der Waals surface area contributed by atoms with Gasteiger partial charge in [0.1, 0.15) is 0 Å². The van der Waals surface area contributed by atoms with Crippen LogP contribution in [0.15, 0.2) is 364 Å². The van der Waals surface area contributed by atoms with Crippen LogP contribution in [0.3, 0.4) is 0 Å². The van der Waals surface area contributed by atoms with Gasteiger partial charge in [-0.15, -0.1) is 0 Å². The number of hydrogen-bond donors (Lipinski definition) is 0. The summed E-state index contributed by atoms with van der Waals surface area (Å²) in [5.74, 6) is 0. The molecular formula is C72H72P8Pd4. The summed E-state index contributed by atoms with van der Waals surface area (Å²) in [5.41, 5.74) is -7.54. The van der Waals surface area contributed by atoms with Crippen molar-refractivity contribution in [2.75, 3.05) is 0 Å². The average Bonchev–Trinajstić information content (AvgIpc) is 3.39. The summed E-state index contributed by atoms with van der Waals surface area (Å²) in [7, 11) is 12.2. The van der Waals surface area contributed by atoms with Crippen molar-refractivity contribution >= 4 is 115 Å². The van der Waals surface area contributed by atoms with Gasteiger partial charge in [0.25, 0.3) is 0 Å². The van der Waals surface area contributed by atoms with E-state index in [1.165, 1.54) is 63.7 Å². The Bertz CT molecular complexity index is 2860. The van der Waals surface area contributed by atoms with Gasteiger partial charge in [0.15, 0.2) is 0 Å². The maximum atomic E-state index is 3.05. The van der Waals surface area contributed by atoms with Gasteiger partial charge in [-0.05, 0) is 0 Å². The van der Waals surface area contributed by atoms with E-state index in [2.05, 4.69) is 394 Å². The summed E-state index contributed by atoms with van der Waals surface area (Å²) < 4.78 is 0. The third kappa shape index (κ3) is 15.2. The van der Waals surface area contributed by atoms with Crippen LogP contribution in [0.2, 0.25) is 0 Å². The Morgan fingerprint density at radius 2 is 0.202 bits per heavy atom. The first-order chi connectivity index (χ1) is 41.5. The summed E-state index contributed by atoms with van der Waals surface area (Å²) in [6.45, 7) is 0. The molecule has 0 spiro atoms. The summed E-state index contributed by atoms with van der Waals surface area (Å²) in [6.07, 6.45) is 0. The van der Waals surface area contributed by atoms with E-state index < -0.39 is 21.8 Å². The van der Waals surface area contributed by atoms with Crippen LogP contribution in [0.5, 0.6) is 0 Å². The van der Waals surface area contributed by atoms with Crippen LogP contribution >= 0.6 is 51.5 Å². The predicted octanol–water partition coefficient (Wildman–Crippen LogP) is 14.0. The Morgan fingerprint density at radius 1 is 0.131 bits per heavy atom. The zero-order valence-corrected chi connectivity index (χ0v) is 61.1. The minimum atomic E-state index is -1.88. The van der Waals surface area contributed by atoms with Crippen molar-refractivity contribution < 1.29 is 68.0 Å². The van der Waals surface area contributed by atoms with Gasteiger partial charge in [0.2, 0.25) is 0 Å². The normalized spacial score (nSPS) is 12.2. The van der Waals surface area contributed by atoms with Gasteiger partial charge >= 0.3 is 547 Å². The van der Waals surface area contributed by atoms with Crippen LogP contribution in [0.4, 0.5) is 0 Å². The second kappa shape index (κ2) is 33.9. The van der Waals surface area contributed by atoms with Gasteiger partial charge in [0.05, 0.1) is 0 Å². The summed E-state index contributed by atoms with van der Waals surface area (Å²) in [6, 6.07) is 132. The minimum absolute atomic E-state index is 0.582. The molecule has 0 heterocycles. The molecule has 84 heavy (non-hydrogen) atoms. The van der Waals surface area contributed by atoms with E-state index in [4.69, 9.17) is 0 Å². The van der Waals surface area contributed by atoms with Gasteiger partial charge in [-0.2, -0.15) is 0 Å². The quantitative estimate of drug-likeness (QED) is 0.0668. The van der Waals surface area contributed by atoms with Crippen molar-refractivity contribution in [2.45, 2.75) is 0 Å². The molecule has 0 amide bonds. The fourth-order valence-electron chi connectivity index (χ4n) is 10.5. The van der Waals surface area contributed by atoms with E-state index in [-0.39, 0.29) is 0 Å². The molecule has 440 valence electrons. The molecule has 0 fully saturated rings. The van der Waals surface area contributed by atoms with E-state index in [1.54, 1.807) is 0 Å². The fraction of sp³-hybridized carbons (Fsp3) is 0. The van der Waals surface area contributed by atoms with Crippen molar-refractivity contribution in [3.05, 3.63) is 364 Å². The molecule has 0 saturated heterocycles. The molecule has 0 radical (unpaired) electrons. The standard InChI is InChI=1S/4C18H15P.4H2P.4Pd/c4*1-4-10-16(11-5-1)19(17-12-6-2-7-13-17)18-14-8-3-9-15-18;;;;;;;;/h4*1-15H;4*1H2;;;;/q;;;;4*-1;;;;/p+4. The molecule has 0 aliphatic carbocycles. The van der Waals surface area contributed by atoms with Crippen molar-refractivity contribution in [2.24, 2.45) is 0 Å². The molecule has 0 saturated carbocycles. The first-order valence-corrected chi connectivity index (χ1v) is 56.1. The van der Waals surface area contributed by atoms with Gasteiger partial charge < -0.3 is 0 Å². The summed E-state index contributed by atoms with van der Waals surface area (Å²) in [4.78, 5) is 0. The number of benzene rings is 12. The SMILES string of the molecule is [PH2][Pd][PH](c1ccccc1)(c1ccccc1)c1ccccc1.[PH2][Pd][PH](c1ccccc1)(c1ccccc1)c1ccccc1.[PH2][Pd][PH](c1ccccc1)(c1ccccc1)c1ccccc1.[PH2][Pd][PH](c1ccccc1)(c1ccccc1)c1ccccc1. The molecular weight excluding hydrogens is 1540 g/mol. The first-order valence-electron chi connectivity index (χ1n) is 27.3. The second-order valence-electron chi connectivity index (χ2n) is 19.2. The van der Waals surface area contributed by atoms with Crippen LogP contribution < -0.4 is 63.7 Å². The van der Waals surface area contributed by atoms with E-state index in [0.717, 1.165) is 0 Å². The van der Waals surface area contributed by atoms with Crippen molar-refractivity contribution in [1.82, 2.24) is 0 Å². The monoisotopic (exact) mass is 1610 g/mol. The molecule has 12 aromatic carbocycles. The Hall–Kier alpha value is -3.27. The Morgan fingerprint density at radius 3 is 0.262 bits per heavy atom. The van der Waals surface area contributed by atoms with Crippen molar-refractivity contribution in [3.8, 4) is 0 Å². The van der Waals surface area contributed by atoms with Crippen LogP contribution in [0.25, 0.3) is 0 Å². The third-order valence-corrected chi connectivity index (χ3v) is 72.3. The zero-order valence-electron chi connectivity index (χ0n) is 46.2. The first kappa shape index (κ1) is 65.2. The van der Waals surface area contributed by atoms with Gasteiger partial charge in [-0.3, -0.25) is 0 Å². The zero-order chi connectivity index (χ0) is 58.2. The van der Waals surface area contributed by atoms with Crippen LogP contribution in [-0.2, 0) is 68.0 Å². The van der Waals surface area contributed by atoms with E-state index in [9.17, 15) is 0 Å². The maximum absolute atomic E-state index is 3.05. The molecule has 0 nitrogen and oxygen atoms in total. The molecule has 12 rings (SSSR count). The fourth-order valence-corrected chi connectivity index (χ4v) is 64.5. The molecule has 0 bridgehead atoms. The Balaban J connectivity index is 0.000000134. The van der Waals surface area contributed by atoms with Gasteiger partial charge in [0, 0.05) is 0 Å². The third-order valence-electron chi connectivity index (χ3n) is 14.4. The van der Waals surface area contributed by atoms with Crippen LogP contribution in [-0.4, -0.2) is 0 Å². The van der Waals surface area contributed by atoms with Crippen molar-refractivity contribution in [3.63, 3.8) is 0 Å².